The van der Waals surface area contributed by atoms with Crippen LogP contribution in [-0.4, -0.2) is 36.2 Å². The first-order valence-corrected chi connectivity index (χ1v) is 7.04. The van der Waals surface area contributed by atoms with Gasteiger partial charge < -0.3 is 15.2 Å². The van der Waals surface area contributed by atoms with E-state index < -0.39 is 17.4 Å². The Labute approximate surface area is 122 Å². The Balaban J connectivity index is 2.70. The van der Waals surface area contributed by atoms with Crippen LogP contribution in [0.3, 0.4) is 0 Å². The van der Waals surface area contributed by atoms with Gasteiger partial charge in [0.1, 0.15) is 0 Å². The molecule has 110 valence electrons. The van der Waals surface area contributed by atoms with E-state index in [2.05, 4.69) is 11.9 Å². The monoisotopic (exact) mass is 297 g/mol. The summed E-state index contributed by atoms with van der Waals surface area (Å²) < 4.78 is 5.10. The second-order valence-electron chi connectivity index (χ2n) is 4.79. The Hall–Kier alpha value is -1.66. The van der Waals surface area contributed by atoms with Crippen molar-refractivity contribution in [1.29, 1.82) is 0 Å². The van der Waals surface area contributed by atoms with Crippen LogP contribution >= 0.6 is 11.3 Å². The van der Waals surface area contributed by atoms with E-state index in [-0.39, 0.29) is 19.1 Å². The van der Waals surface area contributed by atoms with E-state index in [4.69, 9.17) is 9.84 Å². The van der Waals surface area contributed by atoms with Gasteiger partial charge in [-0.3, -0.25) is 4.79 Å². The zero-order valence-electron chi connectivity index (χ0n) is 11.6. The summed E-state index contributed by atoms with van der Waals surface area (Å²) in [4.78, 5) is 24.3. The minimum absolute atomic E-state index is 0.0897. The van der Waals surface area contributed by atoms with E-state index >= 15 is 0 Å². The van der Waals surface area contributed by atoms with Crippen molar-refractivity contribution < 1.29 is 19.4 Å². The maximum Gasteiger partial charge on any atom is 0.328 e. The highest BCUT2D eigenvalue weighted by Crippen LogP contribution is 2.27. The first-order chi connectivity index (χ1) is 9.39. The summed E-state index contributed by atoms with van der Waals surface area (Å²) in [7, 11) is 0. The van der Waals surface area contributed by atoms with Crippen LogP contribution in [0.4, 0.5) is 0 Å². The Morgan fingerprint density at radius 3 is 2.80 bits per heavy atom. The molecule has 0 spiro atoms. The van der Waals surface area contributed by atoms with Gasteiger partial charge in [0.05, 0.1) is 18.6 Å². The minimum Gasteiger partial charge on any atom is -0.480 e. The highest BCUT2D eigenvalue weighted by atomic mass is 32.1. The number of aliphatic carboxylic acids is 1. The van der Waals surface area contributed by atoms with E-state index in [1.165, 1.54) is 17.4 Å². The summed E-state index contributed by atoms with van der Waals surface area (Å²) >= 11 is 1.46. The van der Waals surface area contributed by atoms with Crippen LogP contribution < -0.4 is 5.32 Å². The van der Waals surface area contributed by atoms with Crippen LogP contribution in [0.2, 0.25) is 0 Å². The summed E-state index contributed by atoms with van der Waals surface area (Å²) in [5, 5.41) is 13.5. The number of carbonyl (C=O) groups excluding carboxylic acids is 1. The van der Waals surface area contributed by atoms with Crippen LogP contribution in [0.1, 0.15) is 18.7 Å². The van der Waals surface area contributed by atoms with Gasteiger partial charge in [-0.25, -0.2) is 4.79 Å². The molecule has 5 nitrogen and oxygen atoms in total. The number of carbonyl (C=O) groups is 2. The van der Waals surface area contributed by atoms with Crippen molar-refractivity contribution in [2.45, 2.75) is 25.3 Å². The second-order valence-corrected chi connectivity index (χ2v) is 5.74. The molecule has 0 bridgehead atoms. The predicted octanol–water partition coefficient (Wildman–Crippen LogP) is 1.80. The third-order valence-corrected chi connectivity index (χ3v) is 4.02. The van der Waals surface area contributed by atoms with Crippen LogP contribution in [0.15, 0.2) is 30.2 Å². The molecule has 1 aromatic heterocycles. The number of thiophene rings is 1. The van der Waals surface area contributed by atoms with E-state index in [0.29, 0.717) is 0 Å². The van der Waals surface area contributed by atoms with Gasteiger partial charge in [0.25, 0.3) is 0 Å². The third kappa shape index (κ3) is 4.18. The maximum absolute atomic E-state index is 12.3. The van der Waals surface area contributed by atoms with E-state index in [9.17, 15) is 9.59 Å². The van der Waals surface area contributed by atoms with Crippen LogP contribution in [0.5, 0.6) is 0 Å². The molecule has 0 saturated carbocycles. The highest BCUT2D eigenvalue weighted by Gasteiger charge is 2.33. The summed E-state index contributed by atoms with van der Waals surface area (Å²) in [6.45, 7) is 7.16. The van der Waals surface area contributed by atoms with E-state index in [0.717, 1.165) is 4.88 Å². The zero-order chi connectivity index (χ0) is 15.2. The fraction of sp³-hybridized carbons (Fsp3) is 0.429. The number of nitrogens with one attached hydrogen (secondary N) is 1. The smallest absolute Gasteiger partial charge is 0.328 e. The largest absolute Gasteiger partial charge is 0.480 e. The summed E-state index contributed by atoms with van der Waals surface area (Å²) in [5.74, 6) is -1.46. The fourth-order valence-corrected chi connectivity index (χ4v) is 2.38. The molecule has 0 aliphatic heterocycles. The molecule has 0 fully saturated rings. The molecular formula is C14H19NO4S. The minimum atomic E-state index is -1.12. The molecule has 1 unspecified atom stereocenters. The quantitative estimate of drug-likeness (QED) is 0.566. The Kier molecular flexibility index (Phi) is 5.91. The van der Waals surface area contributed by atoms with Crippen molar-refractivity contribution in [3.63, 3.8) is 0 Å². The van der Waals surface area contributed by atoms with Crippen molar-refractivity contribution >= 4 is 23.2 Å². The van der Waals surface area contributed by atoms with Crippen molar-refractivity contribution in [2.75, 3.05) is 13.2 Å². The van der Waals surface area contributed by atoms with Gasteiger partial charge >= 0.3 is 5.97 Å². The number of rotatable bonds is 8. The topological polar surface area (TPSA) is 75.6 Å². The van der Waals surface area contributed by atoms with Crippen molar-refractivity contribution in [3.8, 4) is 0 Å². The first kappa shape index (κ1) is 16.4. The normalized spacial score (nSPS) is 12.7. The molecule has 1 rings (SSSR count). The van der Waals surface area contributed by atoms with Gasteiger partial charge in [0.2, 0.25) is 5.91 Å². The summed E-state index contributed by atoms with van der Waals surface area (Å²) in [5.41, 5.74) is -0.777. The van der Waals surface area contributed by atoms with Crippen molar-refractivity contribution in [3.05, 3.63) is 35.0 Å². The van der Waals surface area contributed by atoms with E-state index in [1.54, 1.807) is 13.8 Å². The lowest BCUT2D eigenvalue weighted by Gasteiger charge is -2.24. The van der Waals surface area contributed by atoms with Crippen molar-refractivity contribution in [2.24, 2.45) is 0 Å². The SMILES string of the molecule is C=CCOCC(NC(=O)C(C)(C)c1cccs1)C(=O)O. The van der Waals surface area contributed by atoms with Crippen LogP contribution in [-0.2, 0) is 19.7 Å². The molecule has 1 heterocycles. The number of hydrogen-bond acceptors (Lipinski definition) is 4. The predicted molar refractivity (Wildman–Crippen MR) is 77.9 cm³/mol. The molecular weight excluding hydrogens is 278 g/mol. The van der Waals surface area contributed by atoms with Crippen molar-refractivity contribution in [1.82, 2.24) is 5.32 Å². The average molecular weight is 297 g/mol. The zero-order valence-corrected chi connectivity index (χ0v) is 12.4. The van der Waals surface area contributed by atoms with Gasteiger partial charge in [-0.05, 0) is 25.3 Å². The third-order valence-electron chi connectivity index (χ3n) is 2.83. The number of amides is 1. The lowest BCUT2D eigenvalue weighted by atomic mass is 9.90. The van der Waals surface area contributed by atoms with Gasteiger partial charge in [-0.15, -0.1) is 17.9 Å². The molecule has 20 heavy (non-hydrogen) atoms. The highest BCUT2D eigenvalue weighted by molar-refractivity contribution is 7.10. The van der Waals surface area contributed by atoms with Gasteiger partial charge in [-0.1, -0.05) is 12.1 Å². The lowest BCUT2D eigenvalue weighted by Crippen LogP contribution is -2.50. The fourth-order valence-electron chi connectivity index (χ4n) is 1.53. The van der Waals surface area contributed by atoms with Crippen LogP contribution in [0.25, 0.3) is 0 Å². The average Bonchev–Trinajstić information content (AvgIpc) is 2.91. The second kappa shape index (κ2) is 7.21. The maximum atomic E-state index is 12.3. The molecule has 0 aliphatic rings. The molecule has 0 aliphatic carbocycles. The Morgan fingerprint density at radius 1 is 1.60 bits per heavy atom. The molecule has 1 aromatic rings. The molecule has 2 N–H and O–H groups in total. The van der Waals surface area contributed by atoms with Gasteiger partial charge in [0, 0.05) is 4.88 Å². The first-order valence-electron chi connectivity index (χ1n) is 6.16. The molecule has 0 aromatic carbocycles. The number of ether oxygens (including phenoxy) is 1. The van der Waals surface area contributed by atoms with Gasteiger partial charge in [-0.2, -0.15) is 0 Å². The summed E-state index contributed by atoms with van der Waals surface area (Å²) in [6.07, 6.45) is 1.52. The molecule has 6 heteroatoms. The van der Waals surface area contributed by atoms with E-state index in [1.807, 2.05) is 17.5 Å². The lowest BCUT2D eigenvalue weighted by molar-refractivity contribution is -0.144. The molecule has 1 atom stereocenters. The summed E-state index contributed by atoms with van der Waals surface area (Å²) in [6, 6.07) is 2.65. The number of carboxylic acids is 1. The number of hydrogen-bond donors (Lipinski definition) is 2. The molecule has 0 radical (unpaired) electrons. The number of carboxylic acid groups (broad SMARTS) is 1. The molecule has 1 amide bonds. The Bertz CT molecular complexity index is 468. The van der Waals surface area contributed by atoms with Gasteiger partial charge in [0.15, 0.2) is 6.04 Å². The molecule has 0 saturated heterocycles. The Morgan fingerprint density at radius 2 is 2.30 bits per heavy atom. The van der Waals surface area contributed by atoms with Crippen LogP contribution in [0, 0.1) is 0 Å². The standard InChI is InChI=1S/C14H19NO4S/c1-4-7-19-9-10(12(16)17)15-13(18)14(2,3)11-6-5-8-20-11/h4-6,8,10H,1,7,9H2,2-3H3,(H,15,18)(H,16,17).